The molecule has 3 nitrogen and oxygen atoms in total. The number of aromatic hydroxyl groups is 2. The minimum absolute atomic E-state index is 0.0364. The molecule has 1 aromatic rings. The molecule has 3 heteroatoms. The van der Waals surface area contributed by atoms with Crippen LogP contribution in [0.4, 0.5) is 0 Å². The van der Waals surface area contributed by atoms with Crippen LogP contribution in [-0.4, -0.2) is 16.3 Å². The lowest BCUT2D eigenvalue weighted by Crippen LogP contribution is -2.24. The summed E-state index contributed by atoms with van der Waals surface area (Å²) in [5.74, 6) is 0.617. The van der Waals surface area contributed by atoms with Gasteiger partial charge in [0.05, 0.1) is 6.10 Å². The first-order valence-corrected chi connectivity index (χ1v) is 4.44. The summed E-state index contributed by atoms with van der Waals surface area (Å²) in [6.07, 6.45) is 3.60. The zero-order chi connectivity index (χ0) is 9.26. The van der Waals surface area contributed by atoms with Crippen LogP contribution in [0.2, 0.25) is 0 Å². The largest absolute Gasteiger partial charge is 0.508 e. The van der Waals surface area contributed by atoms with Gasteiger partial charge >= 0.3 is 0 Å². The Morgan fingerprint density at radius 1 is 1.08 bits per heavy atom. The molecule has 1 aliphatic carbocycles. The van der Waals surface area contributed by atoms with Crippen LogP contribution in [0.3, 0.4) is 0 Å². The maximum atomic E-state index is 9.16. The lowest BCUT2D eigenvalue weighted by Gasteiger charge is -2.26. The van der Waals surface area contributed by atoms with Gasteiger partial charge in [-0.15, -0.1) is 0 Å². The Hall–Kier alpha value is -1.38. The molecule has 1 aromatic carbocycles. The quantitative estimate of drug-likeness (QED) is 0.732. The summed E-state index contributed by atoms with van der Waals surface area (Å²) in [6.45, 7) is 0. The van der Waals surface area contributed by atoms with Crippen LogP contribution >= 0.6 is 0 Å². The summed E-state index contributed by atoms with van der Waals surface area (Å²) in [6, 6.07) is 4.31. The Bertz CT molecular complexity index is 285. The second-order valence-electron chi connectivity index (χ2n) is 3.36. The van der Waals surface area contributed by atoms with Gasteiger partial charge in [0.2, 0.25) is 0 Å². The van der Waals surface area contributed by atoms with Gasteiger partial charge in [0.1, 0.15) is 17.2 Å². The number of hydrogen-bond acceptors (Lipinski definition) is 3. The standard InChI is InChI=1S/C10H12O3/c11-7-4-8(12)6-10(5-7)13-9-2-1-3-9/h4-6,9,11-12H,1-3H2. The first-order valence-electron chi connectivity index (χ1n) is 4.44. The monoisotopic (exact) mass is 180 g/mol. The molecule has 70 valence electrons. The van der Waals surface area contributed by atoms with E-state index in [4.69, 9.17) is 14.9 Å². The van der Waals surface area contributed by atoms with Crippen molar-refractivity contribution < 1.29 is 14.9 Å². The lowest BCUT2D eigenvalue weighted by atomic mass is 9.96. The number of hydrogen-bond donors (Lipinski definition) is 2. The van der Waals surface area contributed by atoms with E-state index in [-0.39, 0.29) is 17.6 Å². The second-order valence-corrected chi connectivity index (χ2v) is 3.36. The van der Waals surface area contributed by atoms with Gasteiger partial charge in [-0.25, -0.2) is 0 Å². The summed E-state index contributed by atoms with van der Waals surface area (Å²) in [4.78, 5) is 0. The molecule has 0 amide bonds. The van der Waals surface area contributed by atoms with Gasteiger partial charge in [0.15, 0.2) is 0 Å². The molecule has 13 heavy (non-hydrogen) atoms. The highest BCUT2D eigenvalue weighted by molar-refractivity contribution is 5.40. The minimum Gasteiger partial charge on any atom is -0.508 e. The van der Waals surface area contributed by atoms with E-state index in [1.54, 1.807) is 0 Å². The molecule has 0 aliphatic heterocycles. The molecule has 1 fully saturated rings. The Labute approximate surface area is 76.6 Å². The van der Waals surface area contributed by atoms with E-state index in [1.165, 1.54) is 24.6 Å². The topological polar surface area (TPSA) is 49.7 Å². The van der Waals surface area contributed by atoms with Gasteiger partial charge < -0.3 is 14.9 Å². The van der Waals surface area contributed by atoms with E-state index in [1.807, 2.05) is 0 Å². The zero-order valence-electron chi connectivity index (χ0n) is 7.23. The summed E-state index contributed by atoms with van der Waals surface area (Å²) >= 11 is 0. The van der Waals surface area contributed by atoms with Gasteiger partial charge in [0, 0.05) is 18.2 Å². The van der Waals surface area contributed by atoms with E-state index in [0.29, 0.717) is 5.75 Å². The molecular formula is C10H12O3. The Morgan fingerprint density at radius 3 is 2.15 bits per heavy atom. The molecule has 2 rings (SSSR count). The molecular weight excluding hydrogens is 168 g/mol. The summed E-state index contributed by atoms with van der Waals surface area (Å²) in [7, 11) is 0. The number of phenols is 2. The van der Waals surface area contributed by atoms with Gasteiger partial charge in [0.25, 0.3) is 0 Å². The first-order chi connectivity index (χ1) is 6.24. The molecule has 0 atom stereocenters. The summed E-state index contributed by atoms with van der Waals surface area (Å²) < 4.78 is 5.49. The predicted molar refractivity (Wildman–Crippen MR) is 48.0 cm³/mol. The van der Waals surface area contributed by atoms with E-state index in [0.717, 1.165) is 12.8 Å². The molecule has 0 bridgehead atoms. The lowest BCUT2D eigenvalue weighted by molar-refractivity contribution is 0.119. The van der Waals surface area contributed by atoms with E-state index in [2.05, 4.69) is 0 Å². The van der Waals surface area contributed by atoms with E-state index < -0.39 is 0 Å². The second kappa shape index (κ2) is 3.17. The third kappa shape index (κ3) is 1.86. The third-order valence-electron chi connectivity index (χ3n) is 2.23. The Kier molecular flexibility index (Phi) is 2.00. The fourth-order valence-electron chi connectivity index (χ4n) is 1.32. The molecule has 0 spiro atoms. The van der Waals surface area contributed by atoms with Gasteiger partial charge in [-0.05, 0) is 19.3 Å². The first kappa shape index (κ1) is 8.23. The third-order valence-corrected chi connectivity index (χ3v) is 2.23. The molecule has 1 aliphatic rings. The highest BCUT2D eigenvalue weighted by Crippen LogP contribution is 2.30. The fourth-order valence-corrected chi connectivity index (χ4v) is 1.32. The Morgan fingerprint density at radius 2 is 1.69 bits per heavy atom. The van der Waals surface area contributed by atoms with Crippen molar-refractivity contribution in [3.05, 3.63) is 18.2 Å². The highest BCUT2D eigenvalue weighted by Gasteiger charge is 2.19. The van der Waals surface area contributed by atoms with Crippen molar-refractivity contribution in [2.75, 3.05) is 0 Å². The molecule has 0 heterocycles. The van der Waals surface area contributed by atoms with Crippen LogP contribution in [0.5, 0.6) is 17.2 Å². The number of rotatable bonds is 2. The van der Waals surface area contributed by atoms with Crippen LogP contribution in [0.1, 0.15) is 19.3 Å². The normalized spacial score (nSPS) is 16.6. The zero-order valence-corrected chi connectivity index (χ0v) is 7.23. The fraction of sp³-hybridized carbons (Fsp3) is 0.400. The van der Waals surface area contributed by atoms with Gasteiger partial charge in [-0.3, -0.25) is 0 Å². The van der Waals surface area contributed by atoms with Crippen LogP contribution in [-0.2, 0) is 0 Å². The van der Waals surface area contributed by atoms with Crippen molar-refractivity contribution in [1.29, 1.82) is 0 Å². The molecule has 0 aromatic heterocycles. The van der Waals surface area contributed by atoms with E-state index >= 15 is 0 Å². The minimum atomic E-state index is 0.0364. The molecule has 1 saturated carbocycles. The van der Waals surface area contributed by atoms with Crippen molar-refractivity contribution in [3.8, 4) is 17.2 Å². The SMILES string of the molecule is Oc1cc(O)cc(OC2CCC2)c1. The van der Waals surface area contributed by atoms with Crippen molar-refractivity contribution in [1.82, 2.24) is 0 Å². The maximum Gasteiger partial charge on any atom is 0.127 e. The van der Waals surface area contributed by atoms with Crippen molar-refractivity contribution >= 4 is 0 Å². The molecule has 0 saturated heterocycles. The number of phenolic OH excluding ortho intramolecular Hbond substituents is 2. The molecule has 0 radical (unpaired) electrons. The van der Waals surface area contributed by atoms with Crippen molar-refractivity contribution in [2.45, 2.75) is 25.4 Å². The average Bonchev–Trinajstić information content (AvgIpc) is 1.95. The average molecular weight is 180 g/mol. The Balaban J connectivity index is 2.10. The maximum absolute atomic E-state index is 9.16. The molecule has 0 unspecified atom stereocenters. The number of ether oxygens (including phenoxy) is 1. The van der Waals surface area contributed by atoms with Crippen LogP contribution in [0, 0.1) is 0 Å². The predicted octanol–water partition coefficient (Wildman–Crippen LogP) is 2.03. The van der Waals surface area contributed by atoms with E-state index in [9.17, 15) is 0 Å². The molecule has 2 N–H and O–H groups in total. The highest BCUT2D eigenvalue weighted by atomic mass is 16.5. The van der Waals surface area contributed by atoms with Crippen molar-refractivity contribution in [2.24, 2.45) is 0 Å². The van der Waals surface area contributed by atoms with Gasteiger partial charge in [-0.1, -0.05) is 0 Å². The summed E-state index contributed by atoms with van der Waals surface area (Å²) in [5.41, 5.74) is 0. The van der Waals surface area contributed by atoms with Crippen LogP contribution in [0.15, 0.2) is 18.2 Å². The number of benzene rings is 1. The van der Waals surface area contributed by atoms with Crippen LogP contribution in [0.25, 0.3) is 0 Å². The van der Waals surface area contributed by atoms with Crippen molar-refractivity contribution in [3.63, 3.8) is 0 Å². The summed E-state index contributed by atoms with van der Waals surface area (Å²) in [5, 5.41) is 18.3. The van der Waals surface area contributed by atoms with Gasteiger partial charge in [-0.2, -0.15) is 0 Å². The smallest absolute Gasteiger partial charge is 0.127 e. The van der Waals surface area contributed by atoms with Crippen LogP contribution < -0.4 is 4.74 Å².